The number of benzene rings is 1. The van der Waals surface area contributed by atoms with E-state index in [1.165, 1.54) is 11.5 Å². The monoisotopic (exact) mass is 353 g/mol. The summed E-state index contributed by atoms with van der Waals surface area (Å²) in [5, 5.41) is 19.9. The van der Waals surface area contributed by atoms with Gasteiger partial charge in [-0.25, -0.2) is 9.37 Å². The van der Waals surface area contributed by atoms with Crippen molar-refractivity contribution in [3.8, 4) is 17.5 Å². The molecule has 0 aliphatic rings. The van der Waals surface area contributed by atoms with Gasteiger partial charge in [0.05, 0.1) is 16.8 Å². The fourth-order valence-corrected chi connectivity index (χ4v) is 3.21. The zero-order valence-electron chi connectivity index (χ0n) is 14.4. The summed E-state index contributed by atoms with van der Waals surface area (Å²) < 4.78 is 15.6. The molecule has 0 aliphatic carbocycles. The molecule has 3 rings (SSSR count). The van der Waals surface area contributed by atoms with E-state index in [1.807, 2.05) is 6.07 Å². The lowest BCUT2D eigenvalue weighted by Crippen LogP contribution is -2.14. The highest BCUT2D eigenvalue weighted by Gasteiger charge is 2.26. The molecule has 0 aliphatic heterocycles. The van der Waals surface area contributed by atoms with Crippen LogP contribution in [0.2, 0.25) is 0 Å². The molecule has 0 saturated heterocycles. The van der Waals surface area contributed by atoms with Gasteiger partial charge in [-0.2, -0.15) is 5.26 Å². The van der Waals surface area contributed by atoms with Crippen molar-refractivity contribution in [2.24, 2.45) is 5.73 Å². The number of nitrogens with two attached hydrogens (primary N) is 2. The maximum Gasteiger partial charge on any atom is 0.253 e. The van der Waals surface area contributed by atoms with E-state index in [-0.39, 0.29) is 39.6 Å². The van der Waals surface area contributed by atoms with E-state index in [2.05, 4.69) is 4.98 Å². The van der Waals surface area contributed by atoms with E-state index in [0.717, 1.165) is 6.07 Å². The summed E-state index contributed by atoms with van der Waals surface area (Å²) in [5.41, 5.74) is 13.2. The number of anilines is 1. The first-order valence-corrected chi connectivity index (χ1v) is 7.69. The second-order valence-corrected chi connectivity index (χ2v) is 6.06. The van der Waals surface area contributed by atoms with Crippen LogP contribution in [-0.2, 0) is 0 Å². The molecule has 0 bridgehead atoms. The molecule has 1 aromatic carbocycles. The van der Waals surface area contributed by atoms with Crippen LogP contribution >= 0.6 is 0 Å². The van der Waals surface area contributed by atoms with Crippen LogP contribution in [0, 0.1) is 37.9 Å². The number of phenols is 1. The summed E-state index contributed by atoms with van der Waals surface area (Å²) >= 11 is 0. The van der Waals surface area contributed by atoms with Crippen molar-refractivity contribution >= 4 is 22.6 Å². The number of hydrogen-bond donors (Lipinski definition) is 3. The van der Waals surface area contributed by atoms with Crippen LogP contribution in [0.15, 0.2) is 12.1 Å². The number of nitriles is 1. The Bertz CT molecular complexity index is 1120. The normalized spacial score (nSPS) is 10.9. The fraction of sp³-hybridized carbons (Fsp3) is 0.167. The van der Waals surface area contributed by atoms with Gasteiger partial charge >= 0.3 is 0 Å². The van der Waals surface area contributed by atoms with Crippen LogP contribution in [0.4, 0.5) is 10.2 Å². The minimum Gasteiger partial charge on any atom is -0.507 e. The van der Waals surface area contributed by atoms with Crippen LogP contribution < -0.4 is 11.5 Å². The Morgan fingerprint density at radius 2 is 1.96 bits per heavy atom. The summed E-state index contributed by atoms with van der Waals surface area (Å²) in [6, 6.07) is 4.56. The van der Waals surface area contributed by atoms with Crippen molar-refractivity contribution < 1.29 is 14.3 Å². The Kier molecular flexibility index (Phi) is 3.80. The number of aryl methyl sites for hydroxylation is 1. The number of pyridine rings is 1. The molecule has 0 spiro atoms. The lowest BCUT2D eigenvalue weighted by Gasteiger charge is -2.16. The molecule has 7 nitrogen and oxygen atoms in total. The number of nitrogen functional groups attached to an aromatic ring is 1. The van der Waals surface area contributed by atoms with Gasteiger partial charge in [0.1, 0.15) is 23.5 Å². The molecule has 0 atom stereocenters. The molecule has 0 unspecified atom stereocenters. The number of halogens is 1. The molecule has 0 radical (unpaired) electrons. The van der Waals surface area contributed by atoms with Gasteiger partial charge in [-0.1, -0.05) is 0 Å². The van der Waals surface area contributed by atoms with E-state index in [0.29, 0.717) is 16.6 Å². The van der Waals surface area contributed by atoms with Gasteiger partial charge in [0.15, 0.2) is 5.69 Å². The topological polar surface area (TPSA) is 131 Å². The van der Waals surface area contributed by atoms with Gasteiger partial charge in [-0.05, 0) is 26.8 Å². The molecule has 26 heavy (non-hydrogen) atoms. The van der Waals surface area contributed by atoms with E-state index in [9.17, 15) is 19.6 Å². The molecule has 2 aromatic heterocycles. The molecule has 2 heterocycles. The van der Waals surface area contributed by atoms with Crippen molar-refractivity contribution in [1.82, 2.24) is 9.55 Å². The average Bonchev–Trinajstić information content (AvgIpc) is 2.85. The van der Waals surface area contributed by atoms with E-state index < -0.39 is 11.7 Å². The van der Waals surface area contributed by atoms with Gasteiger partial charge in [0.25, 0.3) is 5.91 Å². The Hall–Kier alpha value is -3.60. The van der Waals surface area contributed by atoms with Crippen LogP contribution in [0.5, 0.6) is 5.75 Å². The fourth-order valence-electron chi connectivity index (χ4n) is 3.21. The predicted molar refractivity (Wildman–Crippen MR) is 94.5 cm³/mol. The van der Waals surface area contributed by atoms with Crippen molar-refractivity contribution in [3.63, 3.8) is 0 Å². The number of rotatable bonds is 2. The molecular weight excluding hydrogens is 337 g/mol. The zero-order valence-corrected chi connectivity index (χ0v) is 14.4. The van der Waals surface area contributed by atoms with E-state index in [1.54, 1.807) is 19.9 Å². The molecule has 132 valence electrons. The van der Waals surface area contributed by atoms with Crippen LogP contribution in [0.3, 0.4) is 0 Å². The molecule has 5 N–H and O–H groups in total. The lowest BCUT2D eigenvalue weighted by molar-refractivity contribution is 0.100. The number of hydrogen-bond acceptors (Lipinski definition) is 5. The molecule has 8 heteroatoms. The van der Waals surface area contributed by atoms with Crippen molar-refractivity contribution in [2.75, 3.05) is 5.73 Å². The molecular formula is C18H16FN5O2. The largest absolute Gasteiger partial charge is 0.507 e. The summed E-state index contributed by atoms with van der Waals surface area (Å²) in [6.45, 7) is 4.77. The molecule has 3 aromatic rings. The summed E-state index contributed by atoms with van der Waals surface area (Å²) in [7, 11) is 0. The maximum absolute atomic E-state index is 14.3. The van der Waals surface area contributed by atoms with E-state index >= 15 is 0 Å². The standard InChI is InChI=1S/C18H16FN5O2/c1-7-4-10-14(18(22)26)17(21)24(16(10)12(6-20)23-7)15-8(2)11(19)5-13(25)9(15)3/h4-5,25H,21H2,1-3H3,(H2,22,26). The Morgan fingerprint density at radius 1 is 1.31 bits per heavy atom. The minimum absolute atomic E-state index is 0.0155. The van der Waals surface area contributed by atoms with Crippen molar-refractivity contribution in [3.05, 3.63) is 46.0 Å². The first-order valence-electron chi connectivity index (χ1n) is 7.69. The van der Waals surface area contributed by atoms with E-state index in [4.69, 9.17) is 11.5 Å². The Balaban J connectivity index is 2.64. The summed E-state index contributed by atoms with van der Waals surface area (Å²) in [6.07, 6.45) is 0. The SMILES string of the molecule is Cc1cc2c(C(N)=O)c(N)n(-c3c(C)c(O)cc(F)c3C)c2c(C#N)n1. The average molecular weight is 353 g/mol. The minimum atomic E-state index is -0.781. The number of carbonyl (C=O) groups is 1. The Morgan fingerprint density at radius 3 is 2.54 bits per heavy atom. The zero-order chi connectivity index (χ0) is 19.3. The Labute approximate surface area is 148 Å². The first kappa shape index (κ1) is 17.2. The second kappa shape index (κ2) is 5.74. The molecule has 0 saturated carbocycles. The highest BCUT2D eigenvalue weighted by Crippen LogP contribution is 2.38. The number of amides is 1. The second-order valence-electron chi connectivity index (χ2n) is 6.06. The predicted octanol–water partition coefficient (Wildman–Crippen LogP) is 2.35. The van der Waals surface area contributed by atoms with Crippen molar-refractivity contribution in [1.29, 1.82) is 5.26 Å². The third-order valence-electron chi connectivity index (χ3n) is 4.40. The van der Waals surface area contributed by atoms with Gasteiger partial charge in [0, 0.05) is 28.3 Å². The third-order valence-corrected chi connectivity index (χ3v) is 4.40. The molecule has 0 fully saturated rings. The van der Waals surface area contributed by atoms with Crippen LogP contribution in [-0.4, -0.2) is 20.6 Å². The highest BCUT2D eigenvalue weighted by atomic mass is 19.1. The van der Waals surface area contributed by atoms with Gasteiger partial charge < -0.3 is 16.6 Å². The number of aromatic nitrogens is 2. The van der Waals surface area contributed by atoms with Crippen LogP contribution in [0.25, 0.3) is 16.6 Å². The number of nitrogens with zero attached hydrogens (tertiary/aromatic N) is 3. The number of fused-ring (bicyclic) bond motifs is 1. The third kappa shape index (κ3) is 2.25. The molecule has 1 amide bonds. The smallest absolute Gasteiger partial charge is 0.253 e. The van der Waals surface area contributed by atoms with Crippen molar-refractivity contribution in [2.45, 2.75) is 20.8 Å². The van der Waals surface area contributed by atoms with Gasteiger partial charge in [-0.15, -0.1) is 0 Å². The summed E-state index contributed by atoms with van der Waals surface area (Å²) in [5.74, 6) is -1.75. The number of carbonyl (C=O) groups excluding carboxylic acids is 1. The van der Waals surface area contributed by atoms with Gasteiger partial charge in [0.2, 0.25) is 0 Å². The van der Waals surface area contributed by atoms with Crippen LogP contribution in [0.1, 0.15) is 32.9 Å². The summed E-state index contributed by atoms with van der Waals surface area (Å²) in [4.78, 5) is 16.2. The quantitative estimate of drug-likeness (QED) is 0.651. The number of primary amides is 1. The van der Waals surface area contributed by atoms with Gasteiger partial charge in [-0.3, -0.25) is 9.36 Å². The maximum atomic E-state index is 14.3. The highest BCUT2D eigenvalue weighted by molar-refractivity contribution is 6.12. The first-order chi connectivity index (χ1) is 12.2. The number of aromatic hydroxyl groups is 1. The lowest BCUT2D eigenvalue weighted by atomic mass is 10.1. The number of phenolic OH excluding ortho intramolecular Hbond substituents is 1.